The summed E-state index contributed by atoms with van der Waals surface area (Å²) in [6.07, 6.45) is 5.41. The Kier molecular flexibility index (Phi) is 7.61. The number of hydrogen-bond acceptors (Lipinski definition) is 2. The Morgan fingerprint density at radius 3 is 2.84 bits per heavy atom. The molecule has 0 heterocycles. The molecule has 1 aromatic rings. The van der Waals surface area contributed by atoms with Gasteiger partial charge in [0.15, 0.2) is 0 Å². The molecule has 0 aromatic heterocycles. The van der Waals surface area contributed by atoms with Gasteiger partial charge in [-0.05, 0) is 63.0 Å². The third-order valence-corrected chi connectivity index (χ3v) is 3.19. The molecule has 1 aromatic carbocycles. The van der Waals surface area contributed by atoms with Crippen molar-refractivity contribution in [2.75, 3.05) is 20.2 Å². The summed E-state index contributed by atoms with van der Waals surface area (Å²) < 4.78 is 5.36. The van der Waals surface area contributed by atoms with Crippen LogP contribution in [0.2, 0.25) is 5.02 Å². The van der Waals surface area contributed by atoms with Gasteiger partial charge in [0.1, 0.15) is 5.75 Å². The second kappa shape index (κ2) is 9.00. The summed E-state index contributed by atoms with van der Waals surface area (Å²) in [6, 6.07) is 5.76. The van der Waals surface area contributed by atoms with E-state index in [1.54, 1.807) is 7.11 Å². The fourth-order valence-electron chi connectivity index (χ4n) is 1.98. The number of nitrogens with one attached hydrogen (secondary N) is 1. The molecule has 0 aliphatic carbocycles. The number of ether oxygens (including phenoxy) is 1. The van der Waals surface area contributed by atoms with Crippen LogP contribution in [0.4, 0.5) is 0 Å². The summed E-state index contributed by atoms with van der Waals surface area (Å²) in [4.78, 5) is 0. The number of allylic oxidation sites excluding steroid dienone is 1. The molecule has 0 spiro atoms. The molecule has 1 rings (SSSR count). The third kappa shape index (κ3) is 6.13. The molecule has 0 amide bonds. The second-order valence-corrected chi connectivity index (χ2v) is 5.16. The lowest BCUT2D eigenvalue weighted by atomic mass is 10.0. The van der Waals surface area contributed by atoms with E-state index in [1.165, 1.54) is 12.0 Å². The summed E-state index contributed by atoms with van der Waals surface area (Å²) >= 11 is 6.03. The average molecular weight is 282 g/mol. The fraction of sp³-hybridized carbons (Fsp3) is 0.500. The molecule has 0 aliphatic rings. The fourth-order valence-corrected chi connectivity index (χ4v) is 2.17. The minimum absolute atomic E-state index is 0.758. The SMILES string of the molecule is CCCNCCC=C(C)Cc1cc(Cl)ccc1OC. The van der Waals surface area contributed by atoms with Gasteiger partial charge in [-0.25, -0.2) is 0 Å². The molecule has 3 heteroatoms. The molecule has 0 saturated heterocycles. The lowest BCUT2D eigenvalue weighted by Crippen LogP contribution is -2.15. The van der Waals surface area contributed by atoms with Gasteiger partial charge in [-0.15, -0.1) is 0 Å². The first-order valence-electron chi connectivity index (χ1n) is 6.86. The summed E-state index contributed by atoms with van der Waals surface area (Å²) in [5, 5.41) is 4.15. The monoisotopic (exact) mass is 281 g/mol. The van der Waals surface area contributed by atoms with Crippen LogP contribution in [0, 0.1) is 0 Å². The van der Waals surface area contributed by atoms with Crippen molar-refractivity contribution < 1.29 is 4.74 Å². The van der Waals surface area contributed by atoms with E-state index in [2.05, 4.69) is 25.2 Å². The largest absolute Gasteiger partial charge is 0.496 e. The van der Waals surface area contributed by atoms with Crippen LogP contribution in [-0.4, -0.2) is 20.2 Å². The van der Waals surface area contributed by atoms with E-state index in [4.69, 9.17) is 16.3 Å². The van der Waals surface area contributed by atoms with E-state index in [0.717, 1.165) is 42.3 Å². The molecule has 0 saturated carbocycles. The van der Waals surface area contributed by atoms with E-state index in [1.807, 2.05) is 18.2 Å². The predicted octanol–water partition coefficient (Wildman–Crippen LogP) is 4.23. The van der Waals surface area contributed by atoms with E-state index in [0.29, 0.717) is 0 Å². The van der Waals surface area contributed by atoms with Crippen molar-refractivity contribution in [2.24, 2.45) is 0 Å². The summed E-state index contributed by atoms with van der Waals surface area (Å²) in [6.45, 7) is 6.46. The second-order valence-electron chi connectivity index (χ2n) is 4.72. The van der Waals surface area contributed by atoms with Crippen LogP contribution < -0.4 is 10.1 Å². The lowest BCUT2D eigenvalue weighted by Gasteiger charge is -2.09. The third-order valence-electron chi connectivity index (χ3n) is 2.95. The lowest BCUT2D eigenvalue weighted by molar-refractivity contribution is 0.410. The highest BCUT2D eigenvalue weighted by Gasteiger charge is 2.04. The van der Waals surface area contributed by atoms with Crippen LogP contribution in [0.1, 0.15) is 32.3 Å². The highest BCUT2D eigenvalue weighted by Crippen LogP contribution is 2.25. The van der Waals surface area contributed by atoms with Gasteiger partial charge in [-0.3, -0.25) is 0 Å². The van der Waals surface area contributed by atoms with Gasteiger partial charge in [0, 0.05) is 5.02 Å². The zero-order chi connectivity index (χ0) is 14.1. The Hall–Kier alpha value is -0.990. The molecule has 106 valence electrons. The van der Waals surface area contributed by atoms with Crippen molar-refractivity contribution in [1.29, 1.82) is 0 Å². The molecule has 2 nitrogen and oxygen atoms in total. The Morgan fingerprint density at radius 1 is 1.37 bits per heavy atom. The Balaban J connectivity index is 2.53. The Morgan fingerprint density at radius 2 is 2.16 bits per heavy atom. The first-order chi connectivity index (χ1) is 9.17. The Labute approximate surface area is 121 Å². The van der Waals surface area contributed by atoms with Gasteiger partial charge >= 0.3 is 0 Å². The highest BCUT2D eigenvalue weighted by atomic mass is 35.5. The molecular weight excluding hydrogens is 258 g/mol. The van der Waals surface area contributed by atoms with Crippen LogP contribution in [0.5, 0.6) is 5.75 Å². The molecule has 0 fully saturated rings. The van der Waals surface area contributed by atoms with E-state index in [9.17, 15) is 0 Å². The maximum atomic E-state index is 6.03. The minimum atomic E-state index is 0.758. The molecule has 0 radical (unpaired) electrons. The number of halogens is 1. The number of hydrogen-bond donors (Lipinski definition) is 1. The van der Waals surface area contributed by atoms with Crippen molar-refractivity contribution in [1.82, 2.24) is 5.32 Å². The molecule has 19 heavy (non-hydrogen) atoms. The first-order valence-corrected chi connectivity index (χ1v) is 7.24. The highest BCUT2D eigenvalue weighted by molar-refractivity contribution is 6.30. The Bertz CT molecular complexity index is 415. The van der Waals surface area contributed by atoms with Crippen molar-refractivity contribution in [3.63, 3.8) is 0 Å². The van der Waals surface area contributed by atoms with E-state index >= 15 is 0 Å². The zero-order valence-electron chi connectivity index (χ0n) is 12.1. The van der Waals surface area contributed by atoms with Gasteiger partial charge < -0.3 is 10.1 Å². The number of methoxy groups -OCH3 is 1. The van der Waals surface area contributed by atoms with Gasteiger partial charge in [0.25, 0.3) is 0 Å². The van der Waals surface area contributed by atoms with Crippen LogP contribution in [-0.2, 0) is 6.42 Å². The number of benzene rings is 1. The molecular formula is C16H24ClNO. The molecule has 0 aliphatic heterocycles. The van der Waals surface area contributed by atoms with Crippen LogP contribution in [0.3, 0.4) is 0 Å². The summed E-state index contributed by atoms with van der Waals surface area (Å²) in [5.74, 6) is 0.904. The smallest absolute Gasteiger partial charge is 0.122 e. The number of rotatable bonds is 8. The van der Waals surface area contributed by atoms with Crippen molar-refractivity contribution in [2.45, 2.75) is 33.1 Å². The molecule has 0 bridgehead atoms. The topological polar surface area (TPSA) is 21.3 Å². The molecule has 0 unspecified atom stereocenters. The maximum absolute atomic E-state index is 6.03. The first kappa shape index (κ1) is 16.1. The van der Waals surface area contributed by atoms with Crippen molar-refractivity contribution in [3.8, 4) is 5.75 Å². The summed E-state index contributed by atoms with van der Waals surface area (Å²) in [5.41, 5.74) is 2.49. The normalized spacial score (nSPS) is 11.7. The average Bonchev–Trinajstić information content (AvgIpc) is 2.39. The van der Waals surface area contributed by atoms with Crippen molar-refractivity contribution in [3.05, 3.63) is 40.4 Å². The standard InChI is InChI=1S/C16H24ClNO/c1-4-9-18-10-5-6-13(2)11-14-12-15(17)7-8-16(14)19-3/h6-8,12,18H,4-5,9-11H2,1-3H3. The maximum Gasteiger partial charge on any atom is 0.122 e. The minimum Gasteiger partial charge on any atom is -0.496 e. The van der Waals surface area contributed by atoms with Gasteiger partial charge in [-0.2, -0.15) is 0 Å². The van der Waals surface area contributed by atoms with E-state index < -0.39 is 0 Å². The van der Waals surface area contributed by atoms with Gasteiger partial charge in [0.2, 0.25) is 0 Å². The van der Waals surface area contributed by atoms with Crippen LogP contribution >= 0.6 is 11.6 Å². The predicted molar refractivity (Wildman–Crippen MR) is 83.2 cm³/mol. The van der Waals surface area contributed by atoms with Crippen molar-refractivity contribution >= 4 is 11.6 Å². The van der Waals surface area contributed by atoms with E-state index in [-0.39, 0.29) is 0 Å². The van der Waals surface area contributed by atoms with Gasteiger partial charge in [-0.1, -0.05) is 30.2 Å². The molecule has 0 atom stereocenters. The zero-order valence-corrected chi connectivity index (χ0v) is 12.9. The summed E-state index contributed by atoms with van der Waals surface area (Å²) in [7, 11) is 1.69. The van der Waals surface area contributed by atoms with Crippen LogP contribution in [0.15, 0.2) is 29.8 Å². The molecule has 1 N–H and O–H groups in total. The quantitative estimate of drug-likeness (QED) is 0.569. The van der Waals surface area contributed by atoms with Gasteiger partial charge in [0.05, 0.1) is 7.11 Å². The van der Waals surface area contributed by atoms with Crippen LogP contribution in [0.25, 0.3) is 0 Å².